The van der Waals surface area contributed by atoms with Crippen LogP contribution in [0.4, 0.5) is 13.2 Å². The quantitative estimate of drug-likeness (QED) is 0.605. The number of amides is 1. The molecule has 0 aliphatic carbocycles. The van der Waals surface area contributed by atoms with E-state index in [2.05, 4.69) is 20.4 Å². The average Bonchev–Trinajstić information content (AvgIpc) is 3.43. The number of nitrogens with zero attached hydrogens (tertiary/aromatic N) is 3. The summed E-state index contributed by atoms with van der Waals surface area (Å²) in [5, 5.41) is 13.3. The molecule has 3 heterocycles. The smallest absolute Gasteiger partial charge is 0.416 e. The summed E-state index contributed by atoms with van der Waals surface area (Å²) in [6.45, 7) is 1.21. The van der Waals surface area contributed by atoms with Gasteiger partial charge in [0.2, 0.25) is 0 Å². The van der Waals surface area contributed by atoms with Crippen molar-refractivity contribution in [2.75, 3.05) is 19.7 Å². The molecule has 0 spiro atoms. The lowest BCUT2D eigenvalue weighted by molar-refractivity contribution is -0.137. The topological polar surface area (TPSA) is 104 Å². The molecule has 4 rings (SSSR count). The van der Waals surface area contributed by atoms with E-state index < -0.39 is 11.7 Å². The number of benzene rings is 1. The highest BCUT2D eigenvalue weighted by Crippen LogP contribution is 2.31. The minimum absolute atomic E-state index is 0.0519. The number of alkyl halides is 3. The number of halogens is 3. The van der Waals surface area contributed by atoms with E-state index in [4.69, 9.17) is 4.74 Å². The van der Waals surface area contributed by atoms with E-state index in [0.717, 1.165) is 29.9 Å². The first-order chi connectivity index (χ1) is 15.3. The Labute approximate surface area is 180 Å². The molecular weight excluding hydrogens is 427 g/mol. The van der Waals surface area contributed by atoms with E-state index in [1.807, 2.05) is 6.07 Å². The summed E-state index contributed by atoms with van der Waals surface area (Å²) in [6.07, 6.45) is -3.23. The number of rotatable bonds is 6. The SMILES string of the molecule is O=C(c1ccc(=O)[nH]n1)N1CCC(c2cc(CCOc3cccc(C(F)(F)F)c3)[nH]n2)C1. The van der Waals surface area contributed by atoms with Crippen LogP contribution in [-0.2, 0) is 12.6 Å². The standard InChI is InChI=1S/C21H20F3N5O3/c22-21(23,24)14-2-1-3-16(10-14)32-9-7-15-11-18(27-25-15)13-6-8-29(12-13)20(31)17-4-5-19(30)28-26-17/h1-5,10-11,13H,6-9,12H2,(H,25,27)(H,28,30). The van der Waals surface area contributed by atoms with E-state index in [-0.39, 0.29) is 35.4 Å². The molecule has 1 aliphatic rings. The molecule has 1 atom stereocenters. The highest BCUT2D eigenvalue weighted by molar-refractivity contribution is 5.92. The third-order valence-electron chi connectivity index (χ3n) is 5.24. The molecule has 8 nitrogen and oxygen atoms in total. The largest absolute Gasteiger partial charge is 0.493 e. The van der Waals surface area contributed by atoms with Gasteiger partial charge in [-0.15, -0.1) is 0 Å². The first-order valence-corrected chi connectivity index (χ1v) is 9.99. The Bertz CT molecular complexity index is 1140. The predicted molar refractivity (Wildman–Crippen MR) is 107 cm³/mol. The normalized spacial score (nSPS) is 16.3. The molecule has 11 heteroatoms. The van der Waals surface area contributed by atoms with Crippen molar-refractivity contribution in [2.45, 2.75) is 24.9 Å². The number of H-pyrrole nitrogens is 2. The number of likely N-dealkylation sites (tertiary alicyclic amines) is 1. The summed E-state index contributed by atoms with van der Waals surface area (Å²) >= 11 is 0. The highest BCUT2D eigenvalue weighted by Gasteiger charge is 2.31. The second kappa shape index (κ2) is 8.85. The van der Waals surface area contributed by atoms with E-state index >= 15 is 0 Å². The minimum atomic E-state index is -4.41. The van der Waals surface area contributed by atoms with Gasteiger partial charge in [0.1, 0.15) is 11.4 Å². The van der Waals surface area contributed by atoms with Crippen molar-refractivity contribution in [3.63, 3.8) is 0 Å². The Morgan fingerprint density at radius 2 is 2.00 bits per heavy atom. The minimum Gasteiger partial charge on any atom is -0.493 e. The molecule has 2 aromatic heterocycles. The van der Waals surface area contributed by atoms with Crippen LogP contribution < -0.4 is 10.3 Å². The second-order valence-electron chi connectivity index (χ2n) is 7.49. The molecule has 1 aromatic carbocycles. The van der Waals surface area contributed by atoms with Gasteiger partial charge in [0.25, 0.3) is 11.5 Å². The van der Waals surface area contributed by atoms with Gasteiger partial charge in [-0.25, -0.2) is 5.10 Å². The summed E-state index contributed by atoms with van der Waals surface area (Å²) < 4.78 is 43.8. The van der Waals surface area contributed by atoms with Gasteiger partial charge in [0.15, 0.2) is 0 Å². The van der Waals surface area contributed by atoms with Crippen LogP contribution in [-0.4, -0.2) is 50.9 Å². The predicted octanol–water partition coefficient (Wildman–Crippen LogP) is 2.76. The fourth-order valence-corrected chi connectivity index (χ4v) is 3.57. The van der Waals surface area contributed by atoms with Gasteiger partial charge in [-0.2, -0.15) is 23.4 Å². The maximum atomic E-state index is 12.8. The molecule has 168 valence electrons. The van der Waals surface area contributed by atoms with Crippen LogP contribution in [0.15, 0.2) is 47.3 Å². The van der Waals surface area contributed by atoms with Crippen molar-refractivity contribution in [1.82, 2.24) is 25.3 Å². The number of nitrogens with one attached hydrogen (secondary N) is 2. The average molecular weight is 447 g/mol. The number of hydrogen-bond donors (Lipinski definition) is 2. The lowest BCUT2D eigenvalue weighted by Crippen LogP contribution is -2.30. The van der Waals surface area contributed by atoms with Crippen molar-refractivity contribution in [1.29, 1.82) is 0 Å². The van der Waals surface area contributed by atoms with E-state index in [0.29, 0.717) is 19.5 Å². The molecule has 32 heavy (non-hydrogen) atoms. The second-order valence-corrected chi connectivity index (χ2v) is 7.49. The third kappa shape index (κ3) is 4.98. The van der Waals surface area contributed by atoms with Crippen LogP contribution in [0.5, 0.6) is 5.75 Å². The molecule has 0 saturated carbocycles. The number of carbonyl (C=O) groups is 1. The number of aromatic amines is 2. The van der Waals surface area contributed by atoms with Crippen LogP contribution in [0.1, 0.15) is 39.8 Å². The zero-order chi connectivity index (χ0) is 22.7. The monoisotopic (exact) mass is 447 g/mol. The third-order valence-corrected chi connectivity index (χ3v) is 5.24. The zero-order valence-corrected chi connectivity index (χ0v) is 16.9. The van der Waals surface area contributed by atoms with Crippen LogP contribution in [0.25, 0.3) is 0 Å². The van der Waals surface area contributed by atoms with Crippen LogP contribution in [0.2, 0.25) is 0 Å². The summed E-state index contributed by atoms with van der Waals surface area (Å²) in [5.41, 5.74) is 0.653. The fraction of sp³-hybridized carbons (Fsp3) is 0.333. The zero-order valence-electron chi connectivity index (χ0n) is 16.9. The first kappa shape index (κ1) is 21.6. The maximum absolute atomic E-state index is 12.8. The number of carbonyl (C=O) groups excluding carboxylic acids is 1. The van der Waals surface area contributed by atoms with Gasteiger partial charge in [0.05, 0.1) is 17.9 Å². The lowest BCUT2D eigenvalue weighted by Gasteiger charge is -2.15. The lowest BCUT2D eigenvalue weighted by atomic mass is 10.0. The van der Waals surface area contributed by atoms with Crippen molar-refractivity contribution >= 4 is 5.91 Å². The van der Waals surface area contributed by atoms with Gasteiger partial charge in [0, 0.05) is 37.2 Å². The van der Waals surface area contributed by atoms with Gasteiger partial charge >= 0.3 is 6.18 Å². The summed E-state index contributed by atoms with van der Waals surface area (Å²) in [6, 6.07) is 9.29. The molecule has 1 amide bonds. The van der Waals surface area contributed by atoms with Gasteiger partial charge in [-0.1, -0.05) is 6.07 Å². The van der Waals surface area contributed by atoms with Crippen LogP contribution in [0.3, 0.4) is 0 Å². The highest BCUT2D eigenvalue weighted by atomic mass is 19.4. The van der Waals surface area contributed by atoms with E-state index in [1.165, 1.54) is 24.3 Å². The molecule has 1 saturated heterocycles. The molecule has 2 N–H and O–H groups in total. The summed E-state index contributed by atoms with van der Waals surface area (Å²) in [4.78, 5) is 25.3. The van der Waals surface area contributed by atoms with Gasteiger partial charge < -0.3 is 9.64 Å². The summed E-state index contributed by atoms with van der Waals surface area (Å²) in [5.74, 6) is -0.0505. The van der Waals surface area contributed by atoms with Gasteiger partial charge in [-0.3, -0.25) is 14.7 Å². The number of ether oxygens (including phenoxy) is 1. The molecule has 1 fully saturated rings. The van der Waals surface area contributed by atoms with Crippen LogP contribution >= 0.6 is 0 Å². The molecular formula is C21H20F3N5O3. The number of hydrogen-bond acceptors (Lipinski definition) is 5. The first-order valence-electron chi connectivity index (χ1n) is 9.99. The number of aromatic nitrogens is 4. The fourth-order valence-electron chi connectivity index (χ4n) is 3.57. The van der Waals surface area contributed by atoms with E-state index in [9.17, 15) is 22.8 Å². The van der Waals surface area contributed by atoms with E-state index in [1.54, 1.807) is 4.90 Å². The van der Waals surface area contributed by atoms with Crippen molar-refractivity contribution in [3.05, 3.63) is 75.5 Å². The Kier molecular flexibility index (Phi) is 5.97. The van der Waals surface area contributed by atoms with Gasteiger partial charge in [-0.05, 0) is 36.8 Å². The Morgan fingerprint density at radius 3 is 2.75 bits per heavy atom. The molecule has 3 aromatic rings. The molecule has 0 bridgehead atoms. The van der Waals surface area contributed by atoms with Crippen molar-refractivity contribution < 1.29 is 22.7 Å². The maximum Gasteiger partial charge on any atom is 0.416 e. The van der Waals surface area contributed by atoms with Crippen molar-refractivity contribution in [2.24, 2.45) is 0 Å². The molecule has 1 unspecified atom stereocenters. The van der Waals surface area contributed by atoms with Crippen molar-refractivity contribution in [3.8, 4) is 5.75 Å². The molecule has 0 radical (unpaired) electrons. The Hall–Kier alpha value is -3.63. The Balaban J connectivity index is 1.30. The molecule has 1 aliphatic heterocycles. The van der Waals surface area contributed by atoms with Crippen LogP contribution in [0, 0.1) is 0 Å². The summed E-state index contributed by atoms with van der Waals surface area (Å²) in [7, 11) is 0. The Morgan fingerprint density at radius 1 is 1.16 bits per heavy atom.